The summed E-state index contributed by atoms with van der Waals surface area (Å²) in [6, 6.07) is 20.8. The number of rotatable bonds is 12. The molecule has 0 saturated carbocycles. The van der Waals surface area contributed by atoms with Crippen molar-refractivity contribution < 1.29 is 9.47 Å². The summed E-state index contributed by atoms with van der Waals surface area (Å²) < 4.78 is 16.2. The van der Waals surface area contributed by atoms with Crippen LogP contribution in [0, 0.1) is 0 Å². The molecule has 0 bridgehead atoms. The van der Waals surface area contributed by atoms with Gasteiger partial charge in [-0.15, -0.1) is 0 Å². The zero-order chi connectivity index (χ0) is 28.2. The third kappa shape index (κ3) is 6.13. The van der Waals surface area contributed by atoms with Crippen molar-refractivity contribution in [2.75, 3.05) is 54.5 Å². The van der Waals surface area contributed by atoms with Gasteiger partial charge in [0.25, 0.3) is 0 Å². The summed E-state index contributed by atoms with van der Waals surface area (Å²) in [6.07, 6.45) is 1.98. The van der Waals surface area contributed by atoms with Crippen LogP contribution < -0.4 is 9.47 Å². The van der Waals surface area contributed by atoms with Gasteiger partial charge in [-0.2, -0.15) is 0 Å². The van der Waals surface area contributed by atoms with Gasteiger partial charge in [0.15, 0.2) is 0 Å². The molecule has 210 valence electrons. The lowest BCUT2D eigenvalue weighted by atomic mass is 10.1. The number of fused-ring (bicyclic) bond motifs is 2. The predicted molar refractivity (Wildman–Crippen MR) is 163 cm³/mol. The summed E-state index contributed by atoms with van der Waals surface area (Å²) in [5.74, 6) is 3.56. The first-order chi connectivity index (χ1) is 19.3. The van der Waals surface area contributed by atoms with E-state index in [-0.39, 0.29) is 0 Å². The third-order valence-electron chi connectivity index (χ3n) is 7.14. The first-order valence-corrected chi connectivity index (χ1v) is 13.9. The fourth-order valence-electron chi connectivity index (χ4n) is 4.97. The maximum Gasteiger partial charge on any atom is 0.140 e. The molecule has 0 amide bonds. The second-order valence-electron chi connectivity index (χ2n) is 10.9. The minimum atomic E-state index is 0.693. The zero-order valence-electron chi connectivity index (χ0n) is 24.5. The van der Waals surface area contributed by atoms with Crippen LogP contribution in [0.15, 0.2) is 60.7 Å². The summed E-state index contributed by atoms with van der Waals surface area (Å²) in [5, 5.41) is 0. The molecule has 5 rings (SSSR count). The van der Waals surface area contributed by atoms with E-state index in [2.05, 4.69) is 97.6 Å². The van der Waals surface area contributed by atoms with Crippen LogP contribution in [0.5, 0.6) is 11.5 Å². The molecular formula is C32H40N6O2. The Bertz CT molecular complexity index is 1460. The van der Waals surface area contributed by atoms with Crippen LogP contribution in [-0.4, -0.2) is 83.4 Å². The molecule has 2 aromatic heterocycles. The molecule has 0 aliphatic rings. The normalized spacial score (nSPS) is 11.8. The number of nitrogens with zero attached hydrogens (tertiary/aromatic N) is 6. The van der Waals surface area contributed by atoms with E-state index in [0.717, 1.165) is 82.3 Å². The maximum absolute atomic E-state index is 5.97. The first kappa shape index (κ1) is 27.7. The van der Waals surface area contributed by atoms with Gasteiger partial charge in [0.05, 0.1) is 35.3 Å². The molecule has 3 aromatic carbocycles. The molecule has 0 N–H and O–H groups in total. The van der Waals surface area contributed by atoms with Crippen molar-refractivity contribution in [2.45, 2.75) is 12.8 Å². The Labute approximate surface area is 236 Å². The van der Waals surface area contributed by atoms with Gasteiger partial charge in [-0.05, 0) is 65.3 Å². The lowest BCUT2D eigenvalue weighted by molar-refractivity contribution is 0.282. The van der Waals surface area contributed by atoms with E-state index in [1.54, 1.807) is 0 Å². The van der Waals surface area contributed by atoms with Gasteiger partial charge in [-0.25, -0.2) is 9.97 Å². The molecule has 0 aliphatic heterocycles. The van der Waals surface area contributed by atoms with Crippen molar-refractivity contribution in [1.82, 2.24) is 28.9 Å². The molecular weight excluding hydrogens is 500 g/mol. The Morgan fingerprint density at radius 2 is 1.00 bits per heavy atom. The fraction of sp³-hybridized carbons (Fsp3) is 0.375. The smallest absolute Gasteiger partial charge is 0.140 e. The standard InChI is InChI=1S/C32H40N6O2/c1-35(2)17-7-19-39-25-13-15-29-27(21-25)33-31(37(29)5)23-9-11-24(12-10-23)32-34-28-22-26(14-16-30(28)38(32)6)40-20-8-18-36(3)4/h9-16,21-22H,7-8,17-20H2,1-6H3. The minimum Gasteiger partial charge on any atom is -0.493 e. The highest BCUT2D eigenvalue weighted by molar-refractivity contribution is 5.84. The van der Waals surface area contributed by atoms with Crippen LogP contribution >= 0.6 is 0 Å². The van der Waals surface area contributed by atoms with Crippen LogP contribution in [0.1, 0.15) is 12.8 Å². The van der Waals surface area contributed by atoms with E-state index in [1.807, 2.05) is 24.3 Å². The van der Waals surface area contributed by atoms with Crippen LogP contribution in [0.25, 0.3) is 44.8 Å². The molecule has 0 radical (unpaired) electrons. The molecule has 0 unspecified atom stereocenters. The molecule has 0 saturated heterocycles. The van der Waals surface area contributed by atoms with Gasteiger partial charge in [-0.3, -0.25) is 0 Å². The highest BCUT2D eigenvalue weighted by Gasteiger charge is 2.14. The zero-order valence-corrected chi connectivity index (χ0v) is 24.5. The largest absolute Gasteiger partial charge is 0.493 e. The van der Waals surface area contributed by atoms with E-state index < -0.39 is 0 Å². The van der Waals surface area contributed by atoms with Gasteiger partial charge >= 0.3 is 0 Å². The molecule has 0 atom stereocenters. The monoisotopic (exact) mass is 540 g/mol. The highest BCUT2D eigenvalue weighted by atomic mass is 16.5. The van der Waals surface area contributed by atoms with E-state index in [9.17, 15) is 0 Å². The van der Waals surface area contributed by atoms with Crippen molar-refractivity contribution in [1.29, 1.82) is 0 Å². The number of hydrogen-bond donors (Lipinski definition) is 0. The SMILES string of the molecule is CN(C)CCCOc1ccc2c(c1)nc(-c1ccc(-c3nc4cc(OCCCN(C)C)ccc4n3C)cc1)n2C. The lowest BCUT2D eigenvalue weighted by Gasteiger charge is -2.10. The van der Waals surface area contributed by atoms with Crippen LogP contribution in [0.2, 0.25) is 0 Å². The number of benzene rings is 3. The van der Waals surface area contributed by atoms with Crippen molar-refractivity contribution in [3.63, 3.8) is 0 Å². The average Bonchev–Trinajstić information content (AvgIpc) is 3.45. The summed E-state index contributed by atoms with van der Waals surface area (Å²) in [4.78, 5) is 14.2. The van der Waals surface area contributed by atoms with E-state index in [1.165, 1.54) is 0 Å². The number of hydrogen-bond acceptors (Lipinski definition) is 6. The van der Waals surface area contributed by atoms with E-state index >= 15 is 0 Å². The van der Waals surface area contributed by atoms with E-state index in [0.29, 0.717) is 13.2 Å². The Kier molecular flexibility index (Phi) is 8.38. The molecule has 5 aromatic rings. The molecule has 0 fully saturated rings. The van der Waals surface area contributed by atoms with Gasteiger partial charge in [0, 0.05) is 50.4 Å². The highest BCUT2D eigenvalue weighted by Crippen LogP contribution is 2.30. The quantitative estimate of drug-likeness (QED) is 0.196. The average molecular weight is 541 g/mol. The molecule has 2 heterocycles. The van der Waals surface area contributed by atoms with Crippen LogP contribution in [0.3, 0.4) is 0 Å². The number of aromatic nitrogens is 4. The van der Waals surface area contributed by atoms with Crippen molar-refractivity contribution in [2.24, 2.45) is 14.1 Å². The van der Waals surface area contributed by atoms with Gasteiger partial charge in [0.2, 0.25) is 0 Å². The maximum atomic E-state index is 5.97. The second-order valence-corrected chi connectivity index (χ2v) is 10.9. The van der Waals surface area contributed by atoms with E-state index in [4.69, 9.17) is 19.4 Å². The van der Waals surface area contributed by atoms with Gasteiger partial charge in [0.1, 0.15) is 23.1 Å². The summed E-state index contributed by atoms with van der Waals surface area (Å²) in [7, 11) is 12.4. The van der Waals surface area contributed by atoms with Crippen molar-refractivity contribution in [3.8, 4) is 34.3 Å². The molecule has 8 nitrogen and oxygen atoms in total. The van der Waals surface area contributed by atoms with Crippen molar-refractivity contribution in [3.05, 3.63) is 60.7 Å². The number of ether oxygens (including phenoxy) is 2. The van der Waals surface area contributed by atoms with Gasteiger partial charge < -0.3 is 28.4 Å². The third-order valence-corrected chi connectivity index (χ3v) is 7.14. The predicted octanol–water partition coefficient (Wildman–Crippen LogP) is 5.46. The molecule has 0 spiro atoms. The fourth-order valence-corrected chi connectivity index (χ4v) is 4.97. The second kappa shape index (κ2) is 12.1. The summed E-state index contributed by atoms with van der Waals surface area (Å²) >= 11 is 0. The Morgan fingerprint density at radius 1 is 0.600 bits per heavy atom. The first-order valence-electron chi connectivity index (χ1n) is 13.9. The van der Waals surface area contributed by atoms with Gasteiger partial charge in [-0.1, -0.05) is 24.3 Å². The summed E-state index contributed by atoms with van der Waals surface area (Å²) in [6.45, 7) is 3.40. The summed E-state index contributed by atoms with van der Waals surface area (Å²) in [5.41, 5.74) is 6.14. The Hall–Kier alpha value is -3.88. The molecule has 0 aliphatic carbocycles. The number of imidazole rings is 2. The molecule has 40 heavy (non-hydrogen) atoms. The lowest BCUT2D eigenvalue weighted by Crippen LogP contribution is -2.15. The minimum absolute atomic E-state index is 0.693. The Balaban J connectivity index is 1.32. The molecule has 8 heteroatoms. The van der Waals surface area contributed by atoms with Crippen LogP contribution in [-0.2, 0) is 14.1 Å². The number of aryl methyl sites for hydroxylation is 2. The van der Waals surface area contributed by atoms with Crippen molar-refractivity contribution >= 4 is 22.1 Å². The topological polar surface area (TPSA) is 60.6 Å². The Morgan fingerprint density at radius 3 is 1.38 bits per heavy atom. The van der Waals surface area contributed by atoms with Crippen LogP contribution in [0.4, 0.5) is 0 Å².